The number of likely N-dealkylation sites (N-methyl/N-ethyl adjacent to an activating group) is 1. The molecule has 6 heteroatoms. The fourth-order valence-electron chi connectivity index (χ4n) is 1.36. The molecule has 0 radical (unpaired) electrons. The van der Waals surface area contributed by atoms with Gasteiger partial charge in [0.05, 0.1) is 4.47 Å². The number of hydrogen-bond donors (Lipinski definition) is 1. The molecule has 0 unspecified atom stereocenters. The van der Waals surface area contributed by atoms with E-state index in [0.717, 1.165) is 28.5 Å². The van der Waals surface area contributed by atoms with Crippen molar-refractivity contribution in [2.75, 3.05) is 13.6 Å². The molecule has 17 heavy (non-hydrogen) atoms. The van der Waals surface area contributed by atoms with E-state index < -0.39 is 0 Å². The Morgan fingerprint density at radius 1 is 1.41 bits per heavy atom. The molecule has 1 aromatic heterocycles. The van der Waals surface area contributed by atoms with Crippen molar-refractivity contribution in [3.8, 4) is 10.6 Å². The largest absolute Gasteiger partial charge is 0.319 e. The van der Waals surface area contributed by atoms with Crippen molar-refractivity contribution in [3.05, 3.63) is 33.5 Å². The topological polar surface area (TPSA) is 37.8 Å². The van der Waals surface area contributed by atoms with Gasteiger partial charge in [0.15, 0.2) is 0 Å². The van der Waals surface area contributed by atoms with Gasteiger partial charge in [0.1, 0.15) is 15.8 Å². The van der Waals surface area contributed by atoms with Crippen LogP contribution in [0.5, 0.6) is 0 Å². The van der Waals surface area contributed by atoms with Gasteiger partial charge in [0, 0.05) is 18.5 Å². The molecule has 1 heterocycles. The number of nitrogens with zero attached hydrogens (tertiary/aromatic N) is 2. The molecule has 0 aliphatic carbocycles. The lowest BCUT2D eigenvalue weighted by Gasteiger charge is -1.99. The van der Waals surface area contributed by atoms with E-state index in [1.807, 2.05) is 13.1 Å². The van der Waals surface area contributed by atoms with E-state index in [0.29, 0.717) is 4.47 Å². The first kappa shape index (κ1) is 12.6. The second kappa shape index (κ2) is 5.66. The number of hydrogen-bond acceptors (Lipinski definition) is 4. The summed E-state index contributed by atoms with van der Waals surface area (Å²) in [5.41, 5.74) is 0.748. The average Bonchev–Trinajstić information content (AvgIpc) is 2.78. The van der Waals surface area contributed by atoms with Gasteiger partial charge in [-0.25, -0.2) is 4.39 Å². The highest BCUT2D eigenvalue weighted by atomic mass is 79.9. The fraction of sp³-hybridized carbons (Fsp3) is 0.273. The summed E-state index contributed by atoms with van der Waals surface area (Å²) in [7, 11) is 1.89. The Balaban J connectivity index is 2.27. The fourth-order valence-corrected chi connectivity index (χ4v) is 2.82. The van der Waals surface area contributed by atoms with Gasteiger partial charge in [-0.1, -0.05) is 23.5 Å². The summed E-state index contributed by atoms with van der Waals surface area (Å²) in [5, 5.41) is 12.9. The minimum Gasteiger partial charge on any atom is -0.319 e. The Bertz CT molecular complexity index is 515. The van der Waals surface area contributed by atoms with Crippen molar-refractivity contribution >= 4 is 27.3 Å². The summed E-state index contributed by atoms with van der Waals surface area (Å²) >= 11 is 4.72. The van der Waals surface area contributed by atoms with Gasteiger partial charge in [0.2, 0.25) is 0 Å². The van der Waals surface area contributed by atoms with Crippen molar-refractivity contribution in [2.24, 2.45) is 0 Å². The average molecular weight is 316 g/mol. The second-order valence-electron chi connectivity index (χ2n) is 3.46. The molecule has 90 valence electrons. The lowest BCUT2D eigenvalue weighted by Crippen LogP contribution is -2.09. The lowest BCUT2D eigenvalue weighted by molar-refractivity contribution is 0.621. The van der Waals surface area contributed by atoms with Crippen LogP contribution in [0, 0.1) is 5.82 Å². The van der Waals surface area contributed by atoms with Crippen LogP contribution < -0.4 is 5.32 Å². The van der Waals surface area contributed by atoms with Crippen LogP contribution in [0.25, 0.3) is 10.6 Å². The zero-order valence-electron chi connectivity index (χ0n) is 9.20. The van der Waals surface area contributed by atoms with Crippen LogP contribution in [-0.2, 0) is 6.42 Å². The van der Waals surface area contributed by atoms with Crippen LogP contribution in [0.3, 0.4) is 0 Å². The van der Waals surface area contributed by atoms with E-state index in [1.54, 1.807) is 6.07 Å². The maximum Gasteiger partial charge on any atom is 0.149 e. The van der Waals surface area contributed by atoms with E-state index in [4.69, 9.17) is 0 Å². The predicted molar refractivity (Wildman–Crippen MR) is 70.6 cm³/mol. The molecule has 1 N–H and O–H groups in total. The van der Waals surface area contributed by atoms with Crippen LogP contribution >= 0.6 is 27.3 Å². The third-order valence-electron chi connectivity index (χ3n) is 2.24. The van der Waals surface area contributed by atoms with Crippen molar-refractivity contribution in [1.82, 2.24) is 15.5 Å². The molecule has 0 spiro atoms. The van der Waals surface area contributed by atoms with Gasteiger partial charge < -0.3 is 5.32 Å². The number of rotatable bonds is 4. The molecule has 0 saturated heterocycles. The summed E-state index contributed by atoms with van der Waals surface area (Å²) in [6.45, 7) is 0.860. The Hall–Kier alpha value is -0.850. The van der Waals surface area contributed by atoms with Crippen molar-refractivity contribution < 1.29 is 4.39 Å². The van der Waals surface area contributed by atoms with E-state index >= 15 is 0 Å². The summed E-state index contributed by atoms with van der Waals surface area (Å²) in [6, 6.07) is 4.91. The van der Waals surface area contributed by atoms with Gasteiger partial charge in [-0.3, -0.25) is 0 Å². The highest BCUT2D eigenvalue weighted by molar-refractivity contribution is 9.10. The van der Waals surface area contributed by atoms with Crippen molar-refractivity contribution in [3.63, 3.8) is 0 Å². The minimum atomic E-state index is -0.283. The number of benzene rings is 1. The molecular formula is C11H11BrFN3S. The Morgan fingerprint density at radius 2 is 2.24 bits per heavy atom. The van der Waals surface area contributed by atoms with E-state index in [1.165, 1.54) is 17.4 Å². The third-order valence-corrected chi connectivity index (χ3v) is 4.06. The molecular weight excluding hydrogens is 305 g/mol. The van der Waals surface area contributed by atoms with Crippen molar-refractivity contribution in [1.29, 1.82) is 0 Å². The smallest absolute Gasteiger partial charge is 0.149 e. The van der Waals surface area contributed by atoms with E-state index in [9.17, 15) is 4.39 Å². The minimum absolute atomic E-state index is 0.283. The van der Waals surface area contributed by atoms with Crippen LogP contribution in [-0.4, -0.2) is 23.8 Å². The zero-order valence-corrected chi connectivity index (χ0v) is 11.6. The highest BCUT2D eigenvalue weighted by Crippen LogP contribution is 2.32. The summed E-state index contributed by atoms with van der Waals surface area (Å²) < 4.78 is 13.8. The molecule has 2 aromatic rings. The molecule has 1 aromatic carbocycles. The number of aromatic nitrogens is 2. The molecule has 0 bridgehead atoms. The van der Waals surface area contributed by atoms with Crippen LogP contribution in [0.2, 0.25) is 0 Å². The molecule has 0 atom stereocenters. The second-order valence-corrected chi connectivity index (χ2v) is 5.31. The highest BCUT2D eigenvalue weighted by Gasteiger charge is 2.12. The van der Waals surface area contributed by atoms with Gasteiger partial charge in [-0.05, 0) is 29.0 Å². The van der Waals surface area contributed by atoms with E-state index in [2.05, 4.69) is 31.4 Å². The van der Waals surface area contributed by atoms with Gasteiger partial charge >= 0.3 is 0 Å². The molecule has 0 fully saturated rings. The molecule has 0 amide bonds. The Kier molecular flexibility index (Phi) is 4.20. The summed E-state index contributed by atoms with van der Waals surface area (Å²) in [4.78, 5) is 0. The van der Waals surface area contributed by atoms with Gasteiger partial charge in [-0.15, -0.1) is 10.2 Å². The van der Waals surface area contributed by atoms with Crippen LogP contribution in [0.4, 0.5) is 4.39 Å². The third kappa shape index (κ3) is 2.88. The van der Waals surface area contributed by atoms with Gasteiger partial charge in [-0.2, -0.15) is 0 Å². The zero-order chi connectivity index (χ0) is 12.3. The molecule has 3 nitrogen and oxygen atoms in total. The maximum atomic E-state index is 13.4. The lowest BCUT2D eigenvalue weighted by atomic mass is 10.2. The monoisotopic (exact) mass is 315 g/mol. The van der Waals surface area contributed by atoms with Crippen LogP contribution in [0.15, 0.2) is 22.7 Å². The SMILES string of the molecule is CNCCc1nnc(-c2cccc(F)c2Br)s1. The number of halogens is 2. The van der Waals surface area contributed by atoms with Gasteiger partial charge in [0.25, 0.3) is 0 Å². The summed E-state index contributed by atoms with van der Waals surface area (Å²) in [5.74, 6) is -0.283. The Labute approximate surface area is 111 Å². The first-order chi connectivity index (χ1) is 8.22. The van der Waals surface area contributed by atoms with E-state index in [-0.39, 0.29) is 5.82 Å². The first-order valence-corrected chi connectivity index (χ1v) is 6.74. The Morgan fingerprint density at radius 3 is 3.00 bits per heavy atom. The number of nitrogens with one attached hydrogen (secondary N) is 1. The molecule has 0 saturated carbocycles. The van der Waals surface area contributed by atoms with Crippen LogP contribution in [0.1, 0.15) is 5.01 Å². The quantitative estimate of drug-likeness (QED) is 0.942. The molecule has 2 rings (SSSR count). The maximum absolute atomic E-state index is 13.4. The van der Waals surface area contributed by atoms with Crippen molar-refractivity contribution in [2.45, 2.75) is 6.42 Å². The molecule has 0 aliphatic heterocycles. The summed E-state index contributed by atoms with van der Waals surface area (Å²) in [6.07, 6.45) is 0.834. The standard InChI is InChI=1S/C11H11BrFN3S/c1-14-6-5-9-15-16-11(17-9)7-3-2-4-8(13)10(7)12/h2-4,14H,5-6H2,1H3. The molecule has 0 aliphatic rings. The first-order valence-electron chi connectivity index (χ1n) is 5.13. The normalized spacial score (nSPS) is 10.8. The predicted octanol–water partition coefficient (Wildman–Crippen LogP) is 2.87.